The molecule has 0 saturated carbocycles. The number of nitrogens with zero attached hydrogens (tertiary/aromatic N) is 2. The Bertz CT molecular complexity index is 277. The van der Waals surface area contributed by atoms with Crippen LogP contribution in [0.5, 0.6) is 0 Å². The van der Waals surface area contributed by atoms with Crippen LogP contribution >= 0.6 is 11.8 Å². The number of thioether (sulfide) groups is 1. The molecule has 0 unspecified atom stereocenters. The lowest BCUT2D eigenvalue weighted by Crippen LogP contribution is -2.11. The van der Waals surface area contributed by atoms with Crippen molar-refractivity contribution in [2.75, 3.05) is 12.0 Å². The van der Waals surface area contributed by atoms with Crippen molar-refractivity contribution in [2.45, 2.75) is 38.6 Å². The lowest BCUT2D eigenvalue weighted by Gasteiger charge is -2.03. The van der Waals surface area contributed by atoms with Gasteiger partial charge in [-0.05, 0) is 24.9 Å². The maximum absolute atomic E-state index is 5.91. The van der Waals surface area contributed by atoms with Crippen molar-refractivity contribution in [3.05, 3.63) is 11.7 Å². The van der Waals surface area contributed by atoms with Crippen molar-refractivity contribution in [1.29, 1.82) is 0 Å². The minimum absolute atomic E-state index is 0.111. The molecule has 0 fully saturated rings. The lowest BCUT2D eigenvalue weighted by atomic mass is 10.2. The molecule has 0 spiro atoms. The van der Waals surface area contributed by atoms with Crippen molar-refractivity contribution in [1.82, 2.24) is 10.1 Å². The molecule has 0 amide bonds. The summed E-state index contributed by atoms with van der Waals surface area (Å²) in [7, 11) is 0. The molecule has 1 rings (SSSR count). The summed E-state index contributed by atoms with van der Waals surface area (Å²) < 4.78 is 5.13. The molecule has 0 bridgehead atoms. The molecule has 0 saturated heterocycles. The van der Waals surface area contributed by atoms with Gasteiger partial charge in [-0.2, -0.15) is 16.7 Å². The van der Waals surface area contributed by atoms with Gasteiger partial charge in [0.25, 0.3) is 0 Å². The smallest absolute Gasteiger partial charge is 0.243 e. The van der Waals surface area contributed by atoms with Gasteiger partial charge < -0.3 is 10.3 Å². The first kappa shape index (κ1) is 12.5. The first-order valence-electron chi connectivity index (χ1n) is 5.35. The predicted octanol–water partition coefficient (Wildman–Crippen LogP) is 2.17. The second-order valence-corrected chi connectivity index (χ2v) is 4.53. The average molecular weight is 229 g/mol. The molecular formula is C10H19N3OS. The fraction of sp³-hybridized carbons (Fsp3) is 0.800. The van der Waals surface area contributed by atoms with E-state index in [1.807, 2.05) is 0 Å². The summed E-state index contributed by atoms with van der Waals surface area (Å²) in [6.07, 6.45) is 6.07. The summed E-state index contributed by atoms with van der Waals surface area (Å²) in [5.41, 5.74) is 5.91. The maximum Gasteiger partial charge on any atom is 0.243 e. The van der Waals surface area contributed by atoms with E-state index in [1.54, 1.807) is 11.8 Å². The Morgan fingerprint density at radius 2 is 2.33 bits per heavy atom. The van der Waals surface area contributed by atoms with Gasteiger partial charge in [-0.15, -0.1) is 0 Å². The Labute approximate surface area is 95.0 Å². The molecule has 5 heteroatoms. The third-order valence-corrected chi connectivity index (χ3v) is 2.83. The molecule has 0 aromatic carbocycles. The highest BCUT2D eigenvalue weighted by Crippen LogP contribution is 2.14. The monoisotopic (exact) mass is 229 g/mol. The Morgan fingerprint density at radius 3 is 3.00 bits per heavy atom. The molecule has 2 N–H and O–H groups in total. The van der Waals surface area contributed by atoms with Gasteiger partial charge in [0, 0.05) is 6.42 Å². The third-order valence-electron chi connectivity index (χ3n) is 2.19. The number of unbranched alkanes of at least 4 members (excludes halogenated alkanes) is 1. The van der Waals surface area contributed by atoms with E-state index in [4.69, 9.17) is 10.3 Å². The van der Waals surface area contributed by atoms with Gasteiger partial charge in [-0.1, -0.05) is 18.5 Å². The van der Waals surface area contributed by atoms with E-state index >= 15 is 0 Å². The Hall–Kier alpha value is -0.550. The van der Waals surface area contributed by atoms with Gasteiger partial charge in [0.1, 0.15) is 0 Å². The summed E-state index contributed by atoms with van der Waals surface area (Å²) in [5, 5.41) is 3.91. The molecule has 15 heavy (non-hydrogen) atoms. The Morgan fingerprint density at radius 1 is 1.53 bits per heavy atom. The highest BCUT2D eigenvalue weighted by Gasteiger charge is 2.13. The van der Waals surface area contributed by atoms with Crippen LogP contribution in [0.25, 0.3) is 0 Å². The number of aryl methyl sites for hydroxylation is 1. The van der Waals surface area contributed by atoms with Crippen LogP contribution in [0.4, 0.5) is 0 Å². The number of rotatable bonds is 7. The number of nitrogens with two attached hydrogens (primary N) is 1. The minimum atomic E-state index is -0.111. The molecular weight excluding hydrogens is 210 g/mol. The van der Waals surface area contributed by atoms with E-state index in [2.05, 4.69) is 23.3 Å². The zero-order chi connectivity index (χ0) is 11.1. The fourth-order valence-electron chi connectivity index (χ4n) is 1.22. The van der Waals surface area contributed by atoms with Crippen LogP contribution in [0.3, 0.4) is 0 Å². The second-order valence-electron chi connectivity index (χ2n) is 3.54. The van der Waals surface area contributed by atoms with Crippen molar-refractivity contribution >= 4 is 11.8 Å². The molecule has 1 atom stereocenters. The van der Waals surface area contributed by atoms with Crippen LogP contribution in [0, 0.1) is 0 Å². The number of hydrogen-bond donors (Lipinski definition) is 1. The topological polar surface area (TPSA) is 64.9 Å². The molecule has 0 aliphatic carbocycles. The highest BCUT2D eigenvalue weighted by molar-refractivity contribution is 7.98. The van der Waals surface area contributed by atoms with Gasteiger partial charge >= 0.3 is 0 Å². The summed E-state index contributed by atoms with van der Waals surface area (Å²) in [4.78, 5) is 4.29. The largest absolute Gasteiger partial charge is 0.338 e. The Balaban J connectivity index is 2.43. The van der Waals surface area contributed by atoms with E-state index in [-0.39, 0.29) is 6.04 Å². The van der Waals surface area contributed by atoms with Gasteiger partial charge in [0.15, 0.2) is 5.82 Å². The van der Waals surface area contributed by atoms with Crippen molar-refractivity contribution < 1.29 is 4.52 Å². The van der Waals surface area contributed by atoms with Gasteiger partial charge in [0.05, 0.1) is 6.04 Å². The van der Waals surface area contributed by atoms with Gasteiger partial charge in [-0.3, -0.25) is 0 Å². The Kier molecular flexibility index (Phi) is 5.71. The summed E-state index contributed by atoms with van der Waals surface area (Å²) in [6, 6.07) is -0.111. The molecule has 0 aliphatic rings. The van der Waals surface area contributed by atoms with E-state index in [0.29, 0.717) is 5.89 Å². The van der Waals surface area contributed by atoms with E-state index in [9.17, 15) is 0 Å². The first-order valence-corrected chi connectivity index (χ1v) is 6.74. The van der Waals surface area contributed by atoms with Crippen LogP contribution in [0.1, 0.15) is 43.9 Å². The molecule has 1 heterocycles. The van der Waals surface area contributed by atoms with Crippen LogP contribution in [-0.2, 0) is 6.42 Å². The van der Waals surface area contributed by atoms with Gasteiger partial charge in [-0.25, -0.2) is 0 Å². The van der Waals surface area contributed by atoms with Crippen LogP contribution in [0.15, 0.2) is 4.52 Å². The molecule has 86 valence electrons. The van der Waals surface area contributed by atoms with E-state index in [0.717, 1.165) is 37.3 Å². The van der Waals surface area contributed by atoms with Crippen LogP contribution in [0.2, 0.25) is 0 Å². The lowest BCUT2D eigenvalue weighted by molar-refractivity contribution is 0.348. The maximum atomic E-state index is 5.91. The first-order chi connectivity index (χ1) is 7.27. The normalized spacial score (nSPS) is 13.0. The highest BCUT2D eigenvalue weighted by atomic mass is 32.2. The molecule has 1 aromatic heterocycles. The van der Waals surface area contributed by atoms with Crippen LogP contribution in [-0.4, -0.2) is 22.1 Å². The molecule has 1 aromatic rings. The summed E-state index contributed by atoms with van der Waals surface area (Å²) in [5.74, 6) is 2.38. The van der Waals surface area contributed by atoms with E-state index in [1.165, 1.54) is 0 Å². The second kappa shape index (κ2) is 6.85. The quantitative estimate of drug-likeness (QED) is 0.776. The fourth-order valence-corrected chi connectivity index (χ4v) is 1.71. The minimum Gasteiger partial charge on any atom is -0.338 e. The third kappa shape index (κ3) is 4.22. The molecule has 0 radical (unpaired) electrons. The summed E-state index contributed by atoms with van der Waals surface area (Å²) >= 11 is 1.78. The predicted molar refractivity (Wildman–Crippen MR) is 62.8 cm³/mol. The zero-order valence-electron chi connectivity index (χ0n) is 9.40. The summed E-state index contributed by atoms with van der Waals surface area (Å²) in [6.45, 7) is 2.14. The van der Waals surface area contributed by atoms with Crippen molar-refractivity contribution in [3.8, 4) is 0 Å². The van der Waals surface area contributed by atoms with E-state index < -0.39 is 0 Å². The van der Waals surface area contributed by atoms with Crippen molar-refractivity contribution in [2.24, 2.45) is 5.73 Å². The zero-order valence-corrected chi connectivity index (χ0v) is 10.2. The van der Waals surface area contributed by atoms with Crippen LogP contribution < -0.4 is 5.73 Å². The molecule has 4 nitrogen and oxygen atoms in total. The molecule has 0 aliphatic heterocycles. The van der Waals surface area contributed by atoms with Gasteiger partial charge in [0.2, 0.25) is 5.89 Å². The SMILES string of the molecule is CCCCc1noc([C@@H](N)CCSC)n1. The number of hydrogen-bond acceptors (Lipinski definition) is 5. The average Bonchev–Trinajstić information content (AvgIpc) is 2.71. The standard InChI is InChI=1S/C10H19N3OS/c1-3-4-5-9-12-10(14-13-9)8(11)6-7-15-2/h8H,3-7,11H2,1-2H3/t8-/m0/s1. The number of aromatic nitrogens is 2. The van der Waals surface area contributed by atoms with Crippen molar-refractivity contribution in [3.63, 3.8) is 0 Å².